The van der Waals surface area contributed by atoms with Crippen molar-refractivity contribution >= 4 is 21.8 Å². The molecule has 5 nitrogen and oxygen atoms in total. The highest BCUT2D eigenvalue weighted by molar-refractivity contribution is 5.90. The highest BCUT2D eigenvalue weighted by Crippen LogP contribution is 2.33. The van der Waals surface area contributed by atoms with Crippen molar-refractivity contribution in [2.45, 2.75) is 27.7 Å². The molecule has 0 aliphatic heterocycles. The number of aryl methyl sites for hydroxylation is 4. The van der Waals surface area contributed by atoms with E-state index >= 15 is 0 Å². The van der Waals surface area contributed by atoms with Crippen molar-refractivity contribution in [3.63, 3.8) is 0 Å². The van der Waals surface area contributed by atoms with Crippen molar-refractivity contribution in [1.82, 2.24) is 19.9 Å². The largest absolute Gasteiger partial charge is 0.419 e. The van der Waals surface area contributed by atoms with E-state index in [0.29, 0.717) is 11.8 Å². The number of benzene rings is 2. The maximum absolute atomic E-state index is 6.14. The van der Waals surface area contributed by atoms with Gasteiger partial charge in [-0.25, -0.2) is 19.9 Å². The molecule has 0 radical (unpaired) electrons. The zero-order chi connectivity index (χ0) is 17.6. The Morgan fingerprint density at radius 1 is 0.600 bits per heavy atom. The number of hydrogen-bond donors (Lipinski definition) is 0. The Bertz CT molecular complexity index is 1030. The molecule has 0 saturated carbocycles. The highest BCUT2D eigenvalue weighted by Gasteiger charge is 2.14. The molecule has 4 rings (SSSR count). The van der Waals surface area contributed by atoms with Gasteiger partial charge in [-0.05, 0) is 62.1 Å². The van der Waals surface area contributed by atoms with E-state index in [1.54, 1.807) is 0 Å². The summed E-state index contributed by atoms with van der Waals surface area (Å²) in [6.45, 7) is 8.19. The summed E-state index contributed by atoms with van der Waals surface area (Å²) in [5.41, 5.74) is 6.22. The number of ether oxygens (including phenoxy) is 1. The normalized spacial score (nSPS) is 11.2. The van der Waals surface area contributed by atoms with Crippen LogP contribution in [0.2, 0.25) is 0 Å². The number of aromatic nitrogens is 4. The molecular formula is C20H18N4O. The van der Waals surface area contributed by atoms with Gasteiger partial charge in [-0.15, -0.1) is 0 Å². The van der Waals surface area contributed by atoms with Gasteiger partial charge in [0.15, 0.2) is 0 Å². The lowest BCUT2D eigenvalue weighted by Gasteiger charge is -2.12. The second-order valence-corrected chi connectivity index (χ2v) is 6.41. The first-order valence-corrected chi connectivity index (χ1v) is 8.14. The number of hydrogen-bond acceptors (Lipinski definition) is 5. The average Bonchev–Trinajstić information content (AvgIpc) is 2.54. The van der Waals surface area contributed by atoms with Gasteiger partial charge in [0.05, 0.1) is 21.8 Å². The van der Waals surface area contributed by atoms with Gasteiger partial charge in [0.1, 0.15) is 12.7 Å². The molecule has 25 heavy (non-hydrogen) atoms. The number of nitrogens with zero attached hydrogens (tertiary/aromatic N) is 4. The van der Waals surface area contributed by atoms with Crippen LogP contribution in [0.1, 0.15) is 22.3 Å². The van der Waals surface area contributed by atoms with E-state index in [-0.39, 0.29) is 0 Å². The third kappa shape index (κ3) is 2.67. The first kappa shape index (κ1) is 15.4. The summed E-state index contributed by atoms with van der Waals surface area (Å²) in [6.07, 6.45) is 3.05. The van der Waals surface area contributed by atoms with Crippen LogP contribution in [-0.4, -0.2) is 19.9 Å². The quantitative estimate of drug-likeness (QED) is 0.537. The Morgan fingerprint density at radius 2 is 1.04 bits per heavy atom. The molecule has 5 heteroatoms. The molecule has 0 bridgehead atoms. The molecule has 0 saturated heterocycles. The number of rotatable bonds is 2. The van der Waals surface area contributed by atoms with Crippen molar-refractivity contribution in [2.75, 3.05) is 0 Å². The topological polar surface area (TPSA) is 60.8 Å². The summed E-state index contributed by atoms with van der Waals surface area (Å²) >= 11 is 0. The van der Waals surface area contributed by atoms with Crippen molar-refractivity contribution in [3.05, 3.63) is 59.2 Å². The maximum atomic E-state index is 6.14. The van der Waals surface area contributed by atoms with Gasteiger partial charge >= 0.3 is 0 Å². The summed E-state index contributed by atoms with van der Waals surface area (Å²) in [5.74, 6) is 1.03. The van der Waals surface area contributed by atoms with Gasteiger partial charge in [-0.2, -0.15) is 0 Å². The van der Waals surface area contributed by atoms with Crippen LogP contribution in [0, 0.1) is 27.7 Å². The molecule has 0 spiro atoms. The average molecular weight is 330 g/mol. The number of fused-ring (bicyclic) bond motifs is 2. The van der Waals surface area contributed by atoms with Crippen molar-refractivity contribution in [3.8, 4) is 11.8 Å². The molecule has 4 aromatic rings. The van der Waals surface area contributed by atoms with Gasteiger partial charge in [-0.1, -0.05) is 12.1 Å². The van der Waals surface area contributed by atoms with Gasteiger partial charge in [-0.3, -0.25) is 0 Å². The summed E-state index contributed by atoms with van der Waals surface area (Å²) in [4.78, 5) is 17.5. The smallest absolute Gasteiger partial charge is 0.232 e. The van der Waals surface area contributed by atoms with E-state index in [2.05, 4.69) is 45.9 Å². The fourth-order valence-electron chi connectivity index (χ4n) is 3.31. The minimum absolute atomic E-state index is 0.516. The molecule has 0 unspecified atom stereocenters. The maximum Gasteiger partial charge on any atom is 0.232 e. The lowest BCUT2D eigenvalue weighted by molar-refractivity contribution is 0.454. The van der Waals surface area contributed by atoms with Crippen LogP contribution >= 0.6 is 0 Å². The monoisotopic (exact) mass is 330 g/mol. The standard InChI is InChI=1S/C20H18N4O/c1-11-5-13(3)17-15(7-11)21-9-23-19(17)25-20-18-14(4)6-12(2)8-16(18)22-10-24-20/h5-10H,1-4H3. The van der Waals surface area contributed by atoms with Gasteiger partial charge in [0.2, 0.25) is 11.8 Å². The fraction of sp³-hybridized carbons (Fsp3) is 0.200. The molecule has 0 N–H and O–H groups in total. The van der Waals surface area contributed by atoms with E-state index in [1.165, 1.54) is 12.7 Å². The van der Waals surface area contributed by atoms with E-state index < -0.39 is 0 Å². The summed E-state index contributed by atoms with van der Waals surface area (Å²) in [6, 6.07) is 8.27. The van der Waals surface area contributed by atoms with Crippen LogP contribution in [0.5, 0.6) is 11.8 Å². The molecule has 0 fully saturated rings. The van der Waals surface area contributed by atoms with Gasteiger partial charge in [0, 0.05) is 0 Å². The molecule has 0 aliphatic rings. The Morgan fingerprint density at radius 3 is 1.48 bits per heavy atom. The summed E-state index contributed by atoms with van der Waals surface area (Å²) in [7, 11) is 0. The minimum atomic E-state index is 0.516. The van der Waals surface area contributed by atoms with Gasteiger partial charge in [0.25, 0.3) is 0 Å². The zero-order valence-corrected chi connectivity index (χ0v) is 14.7. The van der Waals surface area contributed by atoms with E-state index in [4.69, 9.17) is 4.74 Å². The molecule has 124 valence electrons. The SMILES string of the molecule is Cc1cc(C)c2c(Oc3ncnc4cc(C)cc(C)c34)ncnc2c1. The van der Waals surface area contributed by atoms with Crippen LogP contribution in [0.15, 0.2) is 36.9 Å². The van der Waals surface area contributed by atoms with Crippen LogP contribution in [0.3, 0.4) is 0 Å². The van der Waals surface area contributed by atoms with E-state index in [9.17, 15) is 0 Å². The predicted molar refractivity (Wildman–Crippen MR) is 98.1 cm³/mol. The van der Waals surface area contributed by atoms with Crippen LogP contribution in [-0.2, 0) is 0 Å². The molecular weight excluding hydrogens is 312 g/mol. The van der Waals surface area contributed by atoms with Crippen LogP contribution < -0.4 is 4.74 Å². The van der Waals surface area contributed by atoms with Crippen molar-refractivity contribution in [1.29, 1.82) is 0 Å². The fourth-order valence-corrected chi connectivity index (χ4v) is 3.31. The lowest BCUT2D eigenvalue weighted by Crippen LogP contribution is -1.98. The Hall–Kier alpha value is -3.08. The Labute approximate surface area is 145 Å². The molecule has 2 aromatic heterocycles. The Balaban J connectivity index is 1.92. The van der Waals surface area contributed by atoms with E-state index in [1.807, 2.05) is 26.0 Å². The molecule has 0 amide bonds. The van der Waals surface area contributed by atoms with Crippen LogP contribution in [0.25, 0.3) is 21.8 Å². The van der Waals surface area contributed by atoms with Gasteiger partial charge < -0.3 is 4.74 Å². The molecule has 0 atom stereocenters. The van der Waals surface area contributed by atoms with Crippen LogP contribution in [0.4, 0.5) is 0 Å². The summed E-state index contributed by atoms with van der Waals surface area (Å²) in [5, 5.41) is 1.81. The summed E-state index contributed by atoms with van der Waals surface area (Å²) < 4.78 is 6.14. The second-order valence-electron chi connectivity index (χ2n) is 6.41. The molecule has 2 heterocycles. The third-order valence-electron chi connectivity index (χ3n) is 4.28. The molecule has 2 aromatic carbocycles. The highest BCUT2D eigenvalue weighted by atomic mass is 16.5. The molecule has 0 aliphatic carbocycles. The lowest BCUT2D eigenvalue weighted by atomic mass is 10.1. The van der Waals surface area contributed by atoms with Crippen molar-refractivity contribution < 1.29 is 4.74 Å². The Kier molecular flexibility index (Phi) is 3.57. The zero-order valence-electron chi connectivity index (χ0n) is 14.7. The van der Waals surface area contributed by atoms with Crippen molar-refractivity contribution in [2.24, 2.45) is 0 Å². The first-order chi connectivity index (χ1) is 12.0. The first-order valence-electron chi connectivity index (χ1n) is 8.14. The van der Waals surface area contributed by atoms with E-state index in [0.717, 1.165) is 44.1 Å². The second kappa shape index (κ2) is 5.77. The predicted octanol–water partition coefficient (Wildman–Crippen LogP) is 4.60. The third-order valence-corrected chi connectivity index (χ3v) is 4.28. The minimum Gasteiger partial charge on any atom is -0.419 e.